The van der Waals surface area contributed by atoms with Gasteiger partial charge in [-0.25, -0.2) is 9.97 Å². The van der Waals surface area contributed by atoms with Gasteiger partial charge in [-0.05, 0) is 36.8 Å². The first-order valence-corrected chi connectivity index (χ1v) is 8.60. The first-order valence-electron chi connectivity index (χ1n) is 9.60. The van der Waals surface area contributed by atoms with E-state index in [0.717, 1.165) is 6.08 Å². The van der Waals surface area contributed by atoms with Gasteiger partial charge >= 0.3 is 6.18 Å². The molecular formula is C19H18F3N5O2. The Kier molecular flexibility index (Phi) is 5.05. The molecule has 1 aliphatic rings. The van der Waals surface area contributed by atoms with E-state index in [1.54, 1.807) is 29.2 Å². The highest BCUT2D eigenvalue weighted by Crippen LogP contribution is 2.28. The van der Waals surface area contributed by atoms with Crippen LogP contribution in [0.1, 0.15) is 25.1 Å². The molecule has 2 N–H and O–H groups in total. The number of amides is 2. The summed E-state index contributed by atoms with van der Waals surface area (Å²) in [4.78, 5) is 32.5. The van der Waals surface area contributed by atoms with Gasteiger partial charge in [-0.3, -0.25) is 9.59 Å². The molecule has 1 aromatic carbocycles. The molecular weight excluding hydrogens is 387 g/mol. The van der Waals surface area contributed by atoms with Gasteiger partial charge in [0, 0.05) is 42.7 Å². The third-order valence-electron chi connectivity index (χ3n) is 4.22. The van der Waals surface area contributed by atoms with Gasteiger partial charge in [-0.15, -0.1) is 0 Å². The minimum Gasteiger partial charge on any atom is -0.350 e. The van der Waals surface area contributed by atoms with Gasteiger partial charge in [0.1, 0.15) is 0 Å². The van der Waals surface area contributed by atoms with Crippen LogP contribution in [0.3, 0.4) is 0 Å². The van der Waals surface area contributed by atoms with Gasteiger partial charge in [0.25, 0.3) is 5.91 Å². The number of hydrogen-bond donors (Lipinski definition) is 2. The number of anilines is 2. The SMILES string of the molecule is [2H]c1nc(N[C@@H]2CCN(C(=O)c3ccc(NC(=O)C=C)cc3)C2)nc([2H])c1C(F)(F)F. The molecule has 2 heterocycles. The Morgan fingerprint density at radius 1 is 1.24 bits per heavy atom. The summed E-state index contributed by atoms with van der Waals surface area (Å²) in [7, 11) is 0. The molecule has 1 fully saturated rings. The fourth-order valence-corrected chi connectivity index (χ4v) is 2.78. The lowest BCUT2D eigenvalue weighted by molar-refractivity contribution is -0.138. The molecule has 1 aliphatic heterocycles. The molecule has 1 atom stereocenters. The highest BCUT2D eigenvalue weighted by atomic mass is 19.4. The molecule has 0 aliphatic carbocycles. The second-order valence-corrected chi connectivity index (χ2v) is 6.30. The standard InChI is InChI=1S/C19H18F3N5O2/c1-2-16(28)25-14-5-3-12(4-6-14)17(29)27-8-7-15(11-27)26-18-23-9-13(10-24-18)19(20,21)22/h2-6,9-10,15H,1,7-8,11H2,(H,25,28)(H,23,24,26)/t15-/m1/s1/i9D,10D. The van der Waals surface area contributed by atoms with Gasteiger partial charge in [-0.1, -0.05) is 6.58 Å². The lowest BCUT2D eigenvalue weighted by Gasteiger charge is -2.17. The maximum atomic E-state index is 12.8. The Morgan fingerprint density at radius 2 is 1.90 bits per heavy atom. The second kappa shape index (κ2) is 8.29. The summed E-state index contributed by atoms with van der Waals surface area (Å²) in [6.07, 6.45) is -5.42. The molecule has 29 heavy (non-hydrogen) atoms. The minimum absolute atomic E-state index is 0.249. The van der Waals surface area contributed by atoms with Gasteiger partial charge in [-0.2, -0.15) is 13.2 Å². The van der Waals surface area contributed by atoms with Crippen molar-refractivity contribution < 1.29 is 25.5 Å². The second-order valence-electron chi connectivity index (χ2n) is 6.30. The molecule has 0 radical (unpaired) electrons. The number of benzene rings is 1. The minimum atomic E-state index is -4.88. The number of nitrogens with one attached hydrogen (secondary N) is 2. The molecule has 152 valence electrons. The van der Waals surface area contributed by atoms with Crippen molar-refractivity contribution in [2.24, 2.45) is 0 Å². The van der Waals surface area contributed by atoms with E-state index in [4.69, 9.17) is 2.74 Å². The van der Waals surface area contributed by atoms with Crippen molar-refractivity contribution >= 4 is 23.5 Å². The highest BCUT2D eigenvalue weighted by molar-refractivity contribution is 5.99. The quantitative estimate of drug-likeness (QED) is 0.745. The highest BCUT2D eigenvalue weighted by Gasteiger charge is 2.32. The molecule has 7 nitrogen and oxygen atoms in total. The first kappa shape index (κ1) is 17.7. The van der Waals surface area contributed by atoms with Crippen LogP contribution in [0.2, 0.25) is 0 Å². The summed E-state index contributed by atoms with van der Waals surface area (Å²) >= 11 is 0. The molecule has 1 aromatic heterocycles. The van der Waals surface area contributed by atoms with Crippen LogP contribution in [0.4, 0.5) is 24.8 Å². The maximum Gasteiger partial charge on any atom is 0.419 e. The number of aromatic nitrogens is 2. The maximum absolute atomic E-state index is 12.8. The van der Waals surface area contributed by atoms with Crippen molar-refractivity contribution in [1.29, 1.82) is 0 Å². The molecule has 2 aromatic rings. The Morgan fingerprint density at radius 3 is 2.48 bits per heavy atom. The van der Waals surface area contributed by atoms with Crippen molar-refractivity contribution in [3.8, 4) is 0 Å². The van der Waals surface area contributed by atoms with E-state index in [9.17, 15) is 22.8 Å². The van der Waals surface area contributed by atoms with Crippen molar-refractivity contribution in [3.63, 3.8) is 0 Å². The summed E-state index contributed by atoms with van der Waals surface area (Å²) in [6, 6.07) is 5.97. The number of carbonyl (C=O) groups is 2. The predicted molar refractivity (Wildman–Crippen MR) is 100 cm³/mol. The smallest absolute Gasteiger partial charge is 0.350 e. The third kappa shape index (κ3) is 5.09. The number of carbonyl (C=O) groups excluding carboxylic acids is 2. The topological polar surface area (TPSA) is 87.2 Å². The Bertz CT molecular complexity index is 992. The molecule has 10 heteroatoms. The number of likely N-dealkylation sites (tertiary alicyclic amines) is 1. The van der Waals surface area contributed by atoms with Crippen LogP contribution in [0.25, 0.3) is 0 Å². The zero-order chi connectivity index (χ0) is 22.8. The van der Waals surface area contributed by atoms with Crippen LogP contribution < -0.4 is 10.6 Å². The Hall–Kier alpha value is -3.43. The predicted octanol–water partition coefficient (Wildman–Crippen LogP) is 2.95. The number of hydrogen-bond acceptors (Lipinski definition) is 5. The summed E-state index contributed by atoms with van der Waals surface area (Å²) in [5.41, 5.74) is -0.571. The number of alkyl halides is 3. The fraction of sp³-hybridized carbons (Fsp3) is 0.263. The summed E-state index contributed by atoms with van der Waals surface area (Å²) in [5, 5.41) is 5.37. The van der Waals surface area contributed by atoms with Crippen molar-refractivity contribution in [1.82, 2.24) is 14.9 Å². The summed E-state index contributed by atoms with van der Waals surface area (Å²) in [6.45, 7) is 4.00. The number of rotatable bonds is 5. The molecule has 1 saturated heterocycles. The lowest BCUT2D eigenvalue weighted by Crippen LogP contribution is -2.31. The van der Waals surface area contributed by atoms with E-state index >= 15 is 0 Å². The van der Waals surface area contributed by atoms with Gasteiger partial charge < -0.3 is 15.5 Å². The number of halogens is 3. The Balaban J connectivity index is 1.63. The monoisotopic (exact) mass is 407 g/mol. The van der Waals surface area contributed by atoms with Crippen LogP contribution in [-0.4, -0.2) is 45.8 Å². The van der Waals surface area contributed by atoms with Crippen molar-refractivity contribution in [2.45, 2.75) is 18.6 Å². The van der Waals surface area contributed by atoms with Crippen molar-refractivity contribution in [2.75, 3.05) is 23.7 Å². The van der Waals surface area contributed by atoms with Gasteiger partial charge in [0.05, 0.1) is 8.30 Å². The number of nitrogens with zero attached hydrogens (tertiary/aromatic N) is 3. The zero-order valence-electron chi connectivity index (χ0n) is 17.1. The van der Waals surface area contributed by atoms with Crippen LogP contribution in [0, 0.1) is 0 Å². The molecule has 0 unspecified atom stereocenters. The van der Waals surface area contributed by atoms with Crippen molar-refractivity contribution in [3.05, 3.63) is 60.4 Å². The molecule has 2 amide bonds. The third-order valence-corrected chi connectivity index (χ3v) is 4.22. The van der Waals surface area contributed by atoms with Crippen LogP contribution in [0.15, 0.2) is 49.3 Å². The molecule has 0 bridgehead atoms. The van der Waals surface area contributed by atoms with Gasteiger partial charge in [0.2, 0.25) is 11.9 Å². The summed E-state index contributed by atoms with van der Waals surface area (Å²) in [5.74, 6) is -0.879. The lowest BCUT2D eigenvalue weighted by atomic mass is 10.2. The van der Waals surface area contributed by atoms with E-state index in [2.05, 4.69) is 27.2 Å². The first-order chi connectivity index (χ1) is 14.6. The largest absolute Gasteiger partial charge is 0.419 e. The van der Waals surface area contributed by atoms with Gasteiger partial charge in [0.15, 0.2) is 0 Å². The zero-order valence-corrected chi connectivity index (χ0v) is 15.1. The van der Waals surface area contributed by atoms with E-state index in [1.807, 2.05) is 0 Å². The Labute approximate surface area is 167 Å². The van der Waals surface area contributed by atoms with E-state index < -0.39 is 24.1 Å². The van der Waals surface area contributed by atoms with E-state index in [-0.39, 0.29) is 30.3 Å². The fourth-order valence-electron chi connectivity index (χ4n) is 2.78. The molecule has 3 rings (SSSR count). The summed E-state index contributed by atoms with van der Waals surface area (Å²) < 4.78 is 53.4. The van der Waals surface area contributed by atoms with E-state index in [0.29, 0.717) is 24.2 Å². The molecule has 0 spiro atoms. The average Bonchev–Trinajstić information content (AvgIpc) is 3.14. The average molecular weight is 407 g/mol. The van der Waals surface area contributed by atoms with Crippen LogP contribution in [-0.2, 0) is 11.0 Å². The normalized spacial score (nSPS) is 17.3. The van der Waals surface area contributed by atoms with Crippen LogP contribution in [0.5, 0.6) is 0 Å². The van der Waals surface area contributed by atoms with Crippen LogP contribution >= 0.6 is 0 Å². The molecule has 0 saturated carbocycles. The van der Waals surface area contributed by atoms with E-state index in [1.165, 1.54) is 0 Å².